The number of benzene rings is 2. The zero-order valence-corrected chi connectivity index (χ0v) is 19.3. The molecule has 0 unspecified atom stereocenters. The van der Waals surface area contributed by atoms with Crippen LogP contribution in [0.3, 0.4) is 0 Å². The van der Waals surface area contributed by atoms with Gasteiger partial charge in [-0.15, -0.1) is 0 Å². The highest BCUT2D eigenvalue weighted by Crippen LogP contribution is 2.22. The number of rotatable bonds is 3. The van der Waals surface area contributed by atoms with Crippen molar-refractivity contribution < 1.29 is 14.4 Å². The normalized spacial score (nSPS) is 14.4. The first-order chi connectivity index (χ1) is 14.5. The molecule has 0 saturated carbocycles. The number of halogens is 2. The van der Waals surface area contributed by atoms with Crippen molar-refractivity contribution in [3.8, 4) is 0 Å². The molecule has 1 saturated heterocycles. The van der Waals surface area contributed by atoms with E-state index in [9.17, 15) is 14.4 Å². The van der Waals surface area contributed by atoms with Crippen molar-refractivity contribution in [2.75, 3.05) is 31.5 Å². The summed E-state index contributed by atoms with van der Waals surface area (Å²) in [5.41, 5.74) is 0.973. The second kappa shape index (κ2) is 9.28. The molecule has 2 aromatic carbocycles. The minimum absolute atomic E-state index is 0.120. The van der Waals surface area contributed by atoms with E-state index in [-0.39, 0.29) is 17.7 Å². The van der Waals surface area contributed by atoms with Crippen LogP contribution in [0.1, 0.15) is 41.5 Å². The lowest BCUT2D eigenvalue weighted by atomic mass is 9.95. The molecular weight excluding hydrogens is 437 g/mol. The zero-order valence-electron chi connectivity index (χ0n) is 17.7. The lowest BCUT2D eigenvalue weighted by molar-refractivity contribution is -0.123. The largest absolute Gasteiger partial charge is 0.335 e. The highest BCUT2D eigenvalue weighted by Gasteiger charge is 2.26. The van der Waals surface area contributed by atoms with Crippen molar-refractivity contribution in [3.63, 3.8) is 0 Å². The quantitative estimate of drug-likeness (QED) is 0.726. The van der Waals surface area contributed by atoms with Gasteiger partial charge in [0.1, 0.15) is 0 Å². The smallest absolute Gasteiger partial charge is 0.254 e. The third-order valence-corrected chi connectivity index (χ3v) is 5.45. The summed E-state index contributed by atoms with van der Waals surface area (Å²) in [6, 6.07) is 11.7. The Kier molecular flexibility index (Phi) is 6.92. The maximum atomic E-state index is 12.9. The molecule has 0 aliphatic carbocycles. The molecule has 8 heteroatoms. The van der Waals surface area contributed by atoms with Crippen LogP contribution >= 0.6 is 23.2 Å². The van der Waals surface area contributed by atoms with E-state index in [1.807, 2.05) is 20.8 Å². The summed E-state index contributed by atoms with van der Waals surface area (Å²) < 4.78 is 0. The number of nitrogens with one attached hydrogen (secondary N) is 1. The molecule has 0 atom stereocenters. The van der Waals surface area contributed by atoms with Crippen LogP contribution in [0.4, 0.5) is 5.69 Å². The Hall–Kier alpha value is -2.57. The van der Waals surface area contributed by atoms with Crippen molar-refractivity contribution in [3.05, 3.63) is 63.6 Å². The summed E-state index contributed by atoms with van der Waals surface area (Å²) in [6.45, 7) is 7.14. The fraction of sp³-hybridized carbons (Fsp3) is 0.348. The Labute approximate surface area is 192 Å². The van der Waals surface area contributed by atoms with E-state index in [4.69, 9.17) is 23.2 Å². The molecule has 0 spiro atoms. The molecule has 2 aromatic rings. The zero-order chi connectivity index (χ0) is 22.8. The second-order valence-electron chi connectivity index (χ2n) is 8.53. The number of carbonyl (C=O) groups excluding carboxylic acids is 3. The van der Waals surface area contributed by atoms with Crippen LogP contribution in [0.2, 0.25) is 10.0 Å². The van der Waals surface area contributed by atoms with E-state index in [1.54, 1.807) is 52.3 Å². The van der Waals surface area contributed by atoms with Gasteiger partial charge in [-0.2, -0.15) is 0 Å². The van der Waals surface area contributed by atoms with Crippen LogP contribution in [-0.2, 0) is 4.79 Å². The Morgan fingerprint density at radius 1 is 0.806 bits per heavy atom. The summed E-state index contributed by atoms with van der Waals surface area (Å²) in [5.74, 6) is -0.418. The van der Waals surface area contributed by atoms with E-state index in [0.29, 0.717) is 53.0 Å². The van der Waals surface area contributed by atoms with Gasteiger partial charge in [0, 0.05) is 58.5 Å². The molecule has 0 radical (unpaired) electrons. The number of hydrogen-bond acceptors (Lipinski definition) is 3. The molecule has 0 aromatic heterocycles. The van der Waals surface area contributed by atoms with Gasteiger partial charge in [-0.25, -0.2) is 0 Å². The average molecular weight is 462 g/mol. The van der Waals surface area contributed by atoms with Crippen LogP contribution in [0.5, 0.6) is 0 Å². The topological polar surface area (TPSA) is 69.7 Å². The SMILES string of the molecule is CC(C)(C)C(=O)Nc1cccc(C(=O)N2CCN(C(=O)c3cc(Cl)cc(Cl)c3)CC2)c1. The van der Waals surface area contributed by atoms with Crippen molar-refractivity contribution >= 4 is 46.6 Å². The first kappa shape index (κ1) is 23.1. The molecular formula is C23H25Cl2N3O3. The highest BCUT2D eigenvalue weighted by molar-refractivity contribution is 6.35. The Balaban J connectivity index is 1.63. The molecule has 1 heterocycles. The van der Waals surface area contributed by atoms with Crippen LogP contribution in [0.15, 0.2) is 42.5 Å². The van der Waals surface area contributed by atoms with E-state index in [0.717, 1.165) is 0 Å². The monoisotopic (exact) mass is 461 g/mol. The minimum Gasteiger partial charge on any atom is -0.335 e. The molecule has 31 heavy (non-hydrogen) atoms. The van der Waals surface area contributed by atoms with Gasteiger partial charge in [0.2, 0.25) is 5.91 Å². The Morgan fingerprint density at radius 2 is 1.32 bits per heavy atom. The molecule has 1 aliphatic heterocycles. The lowest BCUT2D eigenvalue weighted by Crippen LogP contribution is -2.50. The summed E-state index contributed by atoms with van der Waals surface area (Å²) in [5, 5.41) is 3.66. The summed E-state index contributed by atoms with van der Waals surface area (Å²) in [4.78, 5) is 41.3. The number of nitrogens with zero attached hydrogens (tertiary/aromatic N) is 2. The fourth-order valence-electron chi connectivity index (χ4n) is 3.20. The number of amides is 3. The van der Waals surface area contributed by atoms with E-state index in [1.165, 1.54) is 0 Å². The summed E-state index contributed by atoms with van der Waals surface area (Å²) in [6.07, 6.45) is 0. The summed E-state index contributed by atoms with van der Waals surface area (Å²) in [7, 11) is 0. The molecule has 1 N–H and O–H groups in total. The van der Waals surface area contributed by atoms with Gasteiger partial charge < -0.3 is 15.1 Å². The van der Waals surface area contributed by atoms with Crippen molar-refractivity contribution in [2.45, 2.75) is 20.8 Å². The molecule has 164 valence electrons. The predicted octanol–water partition coefficient (Wildman–Crippen LogP) is 4.58. The van der Waals surface area contributed by atoms with E-state index in [2.05, 4.69) is 5.32 Å². The van der Waals surface area contributed by atoms with Gasteiger partial charge in [0.15, 0.2) is 0 Å². The number of anilines is 1. The number of hydrogen-bond donors (Lipinski definition) is 1. The third-order valence-electron chi connectivity index (χ3n) is 5.01. The number of carbonyl (C=O) groups is 3. The van der Waals surface area contributed by atoms with Gasteiger partial charge in [-0.05, 0) is 36.4 Å². The third kappa shape index (κ3) is 5.77. The molecule has 3 amide bonds. The minimum atomic E-state index is -0.532. The van der Waals surface area contributed by atoms with Crippen molar-refractivity contribution in [2.24, 2.45) is 5.41 Å². The molecule has 1 fully saturated rings. The predicted molar refractivity (Wildman–Crippen MR) is 123 cm³/mol. The van der Waals surface area contributed by atoms with Crippen LogP contribution in [0.25, 0.3) is 0 Å². The van der Waals surface area contributed by atoms with E-state index < -0.39 is 5.41 Å². The first-order valence-electron chi connectivity index (χ1n) is 10.0. The van der Waals surface area contributed by atoms with Gasteiger partial charge in [-0.1, -0.05) is 50.0 Å². The average Bonchev–Trinajstić information content (AvgIpc) is 2.71. The number of piperazine rings is 1. The van der Waals surface area contributed by atoms with Crippen LogP contribution in [0, 0.1) is 5.41 Å². The van der Waals surface area contributed by atoms with Gasteiger partial charge in [0.25, 0.3) is 11.8 Å². The fourth-order valence-corrected chi connectivity index (χ4v) is 3.73. The van der Waals surface area contributed by atoms with E-state index >= 15 is 0 Å². The van der Waals surface area contributed by atoms with Gasteiger partial charge in [0.05, 0.1) is 0 Å². The maximum Gasteiger partial charge on any atom is 0.254 e. The van der Waals surface area contributed by atoms with Crippen LogP contribution in [-0.4, -0.2) is 53.7 Å². The molecule has 0 bridgehead atoms. The summed E-state index contributed by atoms with van der Waals surface area (Å²) >= 11 is 12.0. The molecule has 1 aliphatic rings. The highest BCUT2D eigenvalue weighted by atomic mass is 35.5. The first-order valence-corrected chi connectivity index (χ1v) is 10.8. The van der Waals surface area contributed by atoms with Crippen LogP contribution < -0.4 is 5.32 Å². The molecule has 3 rings (SSSR count). The van der Waals surface area contributed by atoms with Gasteiger partial charge in [-0.3, -0.25) is 14.4 Å². The molecule has 6 nitrogen and oxygen atoms in total. The second-order valence-corrected chi connectivity index (χ2v) is 9.40. The standard InChI is InChI=1S/C23H25Cl2N3O3/c1-23(2,3)22(31)26-19-6-4-5-15(13-19)20(29)27-7-9-28(10-8-27)21(30)16-11-17(24)14-18(25)12-16/h4-6,11-14H,7-10H2,1-3H3,(H,26,31). The van der Waals surface area contributed by atoms with Gasteiger partial charge >= 0.3 is 0 Å². The maximum absolute atomic E-state index is 12.9. The van der Waals surface area contributed by atoms with Crippen molar-refractivity contribution in [1.82, 2.24) is 9.80 Å². The Bertz CT molecular complexity index is 989. The van der Waals surface area contributed by atoms with Crippen molar-refractivity contribution in [1.29, 1.82) is 0 Å². The Morgan fingerprint density at radius 3 is 1.84 bits per heavy atom. The lowest BCUT2D eigenvalue weighted by Gasteiger charge is -2.35.